The molecule has 1 rings (SSSR count). The first kappa shape index (κ1) is 21.4. The van der Waals surface area contributed by atoms with E-state index in [9.17, 15) is 9.90 Å². The summed E-state index contributed by atoms with van der Waals surface area (Å²) in [5.74, 6) is 0. The molecule has 2 unspecified atom stereocenters. The van der Waals surface area contributed by atoms with Crippen LogP contribution < -0.4 is 0 Å². The number of hydrogen-bond donors (Lipinski definition) is 1. The first-order valence-electron chi connectivity index (χ1n) is 8.63. The molecule has 1 heterocycles. The molecule has 24 heavy (non-hydrogen) atoms. The molecule has 1 N–H and O–H groups in total. The Hall–Kier alpha value is -0.633. The number of morpholine rings is 1. The Bertz CT molecular complexity index is 428. The molecule has 0 aromatic carbocycles. The minimum Gasteiger partial charge on any atom is -0.444 e. The second kappa shape index (κ2) is 7.72. The van der Waals surface area contributed by atoms with E-state index in [4.69, 9.17) is 13.9 Å². The maximum absolute atomic E-state index is 12.5. The Morgan fingerprint density at radius 2 is 1.83 bits per heavy atom. The van der Waals surface area contributed by atoms with Crippen LogP contribution in [0.5, 0.6) is 0 Å². The Balaban J connectivity index is 2.80. The van der Waals surface area contributed by atoms with Gasteiger partial charge in [-0.3, -0.25) is 4.90 Å². The summed E-state index contributed by atoms with van der Waals surface area (Å²) >= 11 is 0. The van der Waals surface area contributed by atoms with Gasteiger partial charge in [-0.05, 0) is 38.9 Å². The lowest BCUT2D eigenvalue weighted by molar-refractivity contribution is -0.0926. The second-order valence-corrected chi connectivity index (χ2v) is 13.8. The van der Waals surface area contributed by atoms with Gasteiger partial charge in [-0.2, -0.15) is 0 Å². The highest BCUT2D eigenvalue weighted by Gasteiger charge is 2.40. The van der Waals surface area contributed by atoms with Gasteiger partial charge in [0.15, 0.2) is 8.32 Å². The lowest BCUT2D eigenvalue weighted by Crippen LogP contribution is -2.57. The largest absolute Gasteiger partial charge is 0.444 e. The van der Waals surface area contributed by atoms with Crippen molar-refractivity contribution in [2.24, 2.45) is 0 Å². The zero-order valence-electron chi connectivity index (χ0n) is 16.5. The van der Waals surface area contributed by atoms with Crippen molar-refractivity contribution in [2.45, 2.75) is 77.4 Å². The summed E-state index contributed by atoms with van der Waals surface area (Å²) in [6.07, 6.45) is -0.755. The summed E-state index contributed by atoms with van der Waals surface area (Å²) in [4.78, 5) is 14.2. The normalized spacial score (nSPS) is 23.3. The molecule has 0 radical (unpaired) electrons. The smallest absolute Gasteiger partial charge is 0.410 e. The van der Waals surface area contributed by atoms with E-state index < -0.39 is 13.9 Å². The number of carbonyl (C=O) groups is 1. The first-order chi connectivity index (χ1) is 10.8. The molecular formula is C17H35NO5Si. The SMILES string of the molecule is CC(C)(C)OC(=O)N1CC(CO)OCC1CO[Si](C)(C)C(C)(C)C. The number of aliphatic hydroxyl groups excluding tert-OH is 1. The standard InChI is InChI=1S/C17H35NO5Si/c1-16(2,3)23-15(20)18-9-14(10-19)21-11-13(18)12-22-24(7,8)17(4,5)6/h13-14,19H,9-12H2,1-8H3. The average Bonchev–Trinajstić information content (AvgIpc) is 2.42. The fourth-order valence-corrected chi connectivity index (χ4v) is 3.11. The molecule has 1 amide bonds. The molecule has 0 aromatic heterocycles. The van der Waals surface area contributed by atoms with Crippen molar-refractivity contribution in [3.63, 3.8) is 0 Å². The van der Waals surface area contributed by atoms with E-state index in [0.29, 0.717) is 19.8 Å². The van der Waals surface area contributed by atoms with Gasteiger partial charge in [0.2, 0.25) is 0 Å². The number of nitrogens with zero attached hydrogens (tertiary/aromatic N) is 1. The molecule has 0 bridgehead atoms. The van der Waals surface area contributed by atoms with Crippen molar-refractivity contribution in [1.29, 1.82) is 0 Å². The lowest BCUT2D eigenvalue weighted by Gasteiger charge is -2.42. The second-order valence-electron chi connectivity index (χ2n) is 9.00. The number of amides is 1. The van der Waals surface area contributed by atoms with Gasteiger partial charge in [0.05, 0.1) is 38.5 Å². The molecule has 0 spiro atoms. The molecule has 1 saturated heterocycles. The predicted molar refractivity (Wildman–Crippen MR) is 96.7 cm³/mol. The summed E-state index contributed by atoms with van der Waals surface area (Å²) < 4.78 is 17.4. The number of rotatable bonds is 4. The monoisotopic (exact) mass is 361 g/mol. The van der Waals surface area contributed by atoms with Gasteiger partial charge in [-0.25, -0.2) is 4.79 Å². The average molecular weight is 362 g/mol. The van der Waals surface area contributed by atoms with Crippen LogP contribution in [0.2, 0.25) is 18.1 Å². The Morgan fingerprint density at radius 3 is 2.29 bits per heavy atom. The van der Waals surface area contributed by atoms with Crippen LogP contribution >= 0.6 is 0 Å². The van der Waals surface area contributed by atoms with Gasteiger partial charge in [-0.1, -0.05) is 20.8 Å². The maximum atomic E-state index is 12.5. The van der Waals surface area contributed by atoms with Gasteiger partial charge in [-0.15, -0.1) is 0 Å². The van der Waals surface area contributed by atoms with Crippen molar-refractivity contribution in [2.75, 3.05) is 26.4 Å². The molecule has 1 aliphatic rings. The minimum absolute atomic E-state index is 0.104. The highest BCUT2D eigenvalue weighted by Crippen LogP contribution is 2.36. The van der Waals surface area contributed by atoms with Gasteiger partial charge < -0.3 is 19.0 Å². The summed E-state index contributed by atoms with van der Waals surface area (Å²) in [5.41, 5.74) is -0.561. The van der Waals surface area contributed by atoms with Crippen LogP contribution in [0, 0.1) is 0 Å². The van der Waals surface area contributed by atoms with Crippen molar-refractivity contribution in [1.82, 2.24) is 4.90 Å². The van der Waals surface area contributed by atoms with Crippen LogP contribution in [0.25, 0.3) is 0 Å². The van der Waals surface area contributed by atoms with E-state index in [1.807, 2.05) is 20.8 Å². The molecule has 142 valence electrons. The van der Waals surface area contributed by atoms with Crippen molar-refractivity contribution >= 4 is 14.4 Å². The topological polar surface area (TPSA) is 68.2 Å². The highest BCUT2D eigenvalue weighted by molar-refractivity contribution is 6.74. The van der Waals surface area contributed by atoms with Crippen molar-refractivity contribution in [3.8, 4) is 0 Å². The van der Waals surface area contributed by atoms with E-state index in [2.05, 4.69) is 33.9 Å². The van der Waals surface area contributed by atoms with Crippen LogP contribution in [0.1, 0.15) is 41.5 Å². The molecule has 7 heteroatoms. The summed E-state index contributed by atoms with van der Waals surface area (Å²) in [5, 5.41) is 9.45. The van der Waals surface area contributed by atoms with Crippen LogP contribution in [-0.2, 0) is 13.9 Å². The third kappa shape index (κ3) is 6.02. The Labute approximate surface area is 147 Å². The van der Waals surface area contributed by atoms with Crippen molar-refractivity contribution < 1.29 is 23.8 Å². The zero-order chi connectivity index (χ0) is 18.8. The molecule has 1 fully saturated rings. The molecule has 2 atom stereocenters. The summed E-state index contributed by atoms with van der Waals surface area (Å²) in [6, 6.07) is -0.197. The molecule has 0 aliphatic carbocycles. The molecule has 6 nitrogen and oxygen atoms in total. The first-order valence-corrected chi connectivity index (χ1v) is 11.5. The Kier molecular flexibility index (Phi) is 6.89. The summed E-state index contributed by atoms with van der Waals surface area (Å²) in [6.45, 7) is 17.4. The van der Waals surface area contributed by atoms with E-state index in [0.717, 1.165) is 0 Å². The number of ether oxygens (including phenoxy) is 2. The Morgan fingerprint density at radius 1 is 1.25 bits per heavy atom. The van der Waals surface area contributed by atoms with Gasteiger partial charge in [0.25, 0.3) is 0 Å². The van der Waals surface area contributed by atoms with Gasteiger partial charge in [0.1, 0.15) is 5.60 Å². The third-order valence-corrected chi connectivity index (χ3v) is 9.14. The third-order valence-electron chi connectivity index (χ3n) is 4.64. The van der Waals surface area contributed by atoms with E-state index in [1.165, 1.54) is 0 Å². The van der Waals surface area contributed by atoms with Gasteiger partial charge >= 0.3 is 6.09 Å². The molecule has 0 saturated carbocycles. The summed E-state index contributed by atoms with van der Waals surface area (Å²) in [7, 11) is -1.91. The number of aliphatic hydroxyl groups is 1. The van der Waals surface area contributed by atoms with Crippen LogP contribution in [0.4, 0.5) is 4.79 Å². The van der Waals surface area contributed by atoms with E-state index >= 15 is 0 Å². The molecule has 0 aromatic rings. The van der Waals surface area contributed by atoms with Crippen molar-refractivity contribution in [3.05, 3.63) is 0 Å². The number of hydrogen-bond acceptors (Lipinski definition) is 5. The minimum atomic E-state index is -1.91. The molecule has 1 aliphatic heterocycles. The van der Waals surface area contributed by atoms with Crippen LogP contribution in [-0.4, -0.2) is 68.5 Å². The zero-order valence-corrected chi connectivity index (χ0v) is 17.5. The van der Waals surface area contributed by atoms with Gasteiger partial charge in [0, 0.05) is 0 Å². The van der Waals surface area contributed by atoms with E-state index in [1.54, 1.807) is 4.90 Å². The fourth-order valence-electron chi connectivity index (χ4n) is 2.07. The molecular weight excluding hydrogens is 326 g/mol. The van der Waals surface area contributed by atoms with E-state index in [-0.39, 0.29) is 29.9 Å². The maximum Gasteiger partial charge on any atom is 0.410 e. The quantitative estimate of drug-likeness (QED) is 0.780. The highest BCUT2D eigenvalue weighted by atomic mass is 28.4. The van der Waals surface area contributed by atoms with Crippen LogP contribution in [0.3, 0.4) is 0 Å². The fraction of sp³-hybridized carbons (Fsp3) is 0.941. The van der Waals surface area contributed by atoms with Crippen LogP contribution in [0.15, 0.2) is 0 Å². The lowest BCUT2D eigenvalue weighted by atomic mass is 10.2. The number of carbonyl (C=O) groups excluding carboxylic acids is 1. The predicted octanol–water partition coefficient (Wildman–Crippen LogP) is 3.01.